The monoisotopic (exact) mass is 484 g/mol. The van der Waals surface area contributed by atoms with Crippen LogP contribution < -0.4 is 10.2 Å². The molecular formula is C20H20ClF3N6O3. The molecule has 0 bridgehead atoms. The molecule has 2 aliphatic rings. The molecule has 33 heavy (non-hydrogen) atoms. The van der Waals surface area contributed by atoms with E-state index in [0.717, 1.165) is 18.5 Å². The minimum atomic E-state index is -4.65. The summed E-state index contributed by atoms with van der Waals surface area (Å²) in [7, 11) is 0. The van der Waals surface area contributed by atoms with Gasteiger partial charge in [0.05, 0.1) is 41.8 Å². The zero-order chi connectivity index (χ0) is 23.2. The normalized spacial score (nSPS) is 17.0. The summed E-state index contributed by atoms with van der Waals surface area (Å²) in [5, 5.41) is 13.9. The number of halogens is 4. The van der Waals surface area contributed by atoms with E-state index in [1.54, 1.807) is 6.07 Å². The van der Waals surface area contributed by atoms with Crippen LogP contribution in [0, 0.1) is 0 Å². The second-order valence-electron chi connectivity index (χ2n) is 8.03. The number of nitrogens with zero attached hydrogens (tertiary/aromatic N) is 5. The summed E-state index contributed by atoms with van der Waals surface area (Å²) in [6, 6.07) is 3.53. The molecule has 1 saturated heterocycles. The summed E-state index contributed by atoms with van der Waals surface area (Å²) in [5.74, 6) is -0.460. The van der Waals surface area contributed by atoms with Gasteiger partial charge >= 0.3 is 6.18 Å². The Morgan fingerprint density at radius 3 is 2.61 bits per heavy atom. The summed E-state index contributed by atoms with van der Waals surface area (Å²) >= 11 is 5.98. The summed E-state index contributed by atoms with van der Waals surface area (Å²) in [6.45, 7) is 2.56. The molecule has 1 aromatic carbocycles. The minimum Gasteiger partial charge on any atom is -0.378 e. The minimum absolute atomic E-state index is 0.0282. The highest BCUT2D eigenvalue weighted by molar-refractivity contribution is 6.32. The van der Waals surface area contributed by atoms with E-state index in [1.807, 2.05) is 6.07 Å². The molecule has 0 radical (unpaired) electrons. The number of anilines is 2. The number of fused-ring (bicyclic) bond motifs is 1. The van der Waals surface area contributed by atoms with Gasteiger partial charge in [-0.05, 0) is 35.3 Å². The third-order valence-corrected chi connectivity index (χ3v) is 6.11. The van der Waals surface area contributed by atoms with Gasteiger partial charge in [-0.25, -0.2) is 4.63 Å². The van der Waals surface area contributed by atoms with Gasteiger partial charge in [-0.1, -0.05) is 11.6 Å². The van der Waals surface area contributed by atoms with Crippen molar-refractivity contribution in [3.63, 3.8) is 0 Å². The Hall–Kier alpha value is -2.86. The Bertz CT molecular complexity index is 1180. The van der Waals surface area contributed by atoms with Gasteiger partial charge < -0.3 is 15.0 Å². The average Bonchev–Trinajstić information content (AvgIpc) is 3.37. The molecule has 13 heteroatoms. The maximum absolute atomic E-state index is 13.2. The number of alkyl halides is 3. The SMILES string of the molecule is O=C(CCn1nc(C(F)(F)F)c(Cl)c1C1CC1)Nc1ccc(N2CCOCC2)c2nonc12. The van der Waals surface area contributed by atoms with Crippen molar-refractivity contribution in [2.24, 2.45) is 0 Å². The maximum atomic E-state index is 13.2. The molecule has 0 unspecified atom stereocenters. The zero-order valence-electron chi connectivity index (χ0n) is 17.4. The highest BCUT2D eigenvalue weighted by Gasteiger charge is 2.42. The Balaban J connectivity index is 1.31. The molecule has 2 aromatic heterocycles. The number of nitrogens with one attached hydrogen (secondary N) is 1. The van der Waals surface area contributed by atoms with Crippen molar-refractivity contribution in [2.75, 3.05) is 36.5 Å². The van der Waals surface area contributed by atoms with E-state index in [4.69, 9.17) is 21.0 Å². The summed E-state index contributed by atoms with van der Waals surface area (Å²) in [6.07, 6.45) is -3.24. The van der Waals surface area contributed by atoms with Crippen LogP contribution in [-0.4, -0.2) is 52.3 Å². The highest BCUT2D eigenvalue weighted by Crippen LogP contribution is 2.47. The van der Waals surface area contributed by atoms with E-state index < -0.39 is 17.8 Å². The lowest BCUT2D eigenvalue weighted by Crippen LogP contribution is -2.36. The van der Waals surface area contributed by atoms with Gasteiger partial charge in [-0.2, -0.15) is 18.3 Å². The third kappa shape index (κ3) is 4.36. The van der Waals surface area contributed by atoms with Crippen molar-refractivity contribution in [2.45, 2.75) is 37.9 Å². The number of benzene rings is 1. The highest BCUT2D eigenvalue weighted by atomic mass is 35.5. The van der Waals surface area contributed by atoms with Crippen molar-refractivity contribution < 1.29 is 27.3 Å². The lowest BCUT2D eigenvalue weighted by atomic mass is 10.2. The van der Waals surface area contributed by atoms with E-state index in [9.17, 15) is 18.0 Å². The van der Waals surface area contributed by atoms with E-state index in [-0.39, 0.29) is 23.9 Å². The molecule has 5 rings (SSSR count). The Morgan fingerprint density at radius 2 is 1.91 bits per heavy atom. The molecule has 176 valence electrons. The summed E-state index contributed by atoms with van der Waals surface area (Å²) in [4.78, 5) is 14.7. The third-order valence-electron chi connectivity index (χ3n) is 5.73. The second-order valence-corrected chi connectivity index (χ2v) is 8.41. The molecule has 3 aromatic rings. The van der Waals surface area contributed by atoms with Crippen LogP contribution in [0.3, 0.4) is 0 Å². The van der Waals surface area contributed by atoms with E-state index >= 15 is 0 Å². The molecule has 9 nitrogen and oxygen atoms in total. The van der Waals surface area contributed by atoms with Crippen LogP contribution >= 0.6 is 11.6 Å². The fourth-order valence-corrected chi connectivity index (χ4v) is 4.38. The largest absolute Gasteiger partial charge is 0.436 e. The van der Waals surface area contributed by atoms with Gasteiger partial charge in [0.15, 0.2) is 16.7 Å². The van der Waals surface area contributed by atoms with E-state index in [0.29, 0.717) is 48.7 Å². The molecule has 0 spiro atoms. The van der Waals surface area contributed by atoms with Crippen LogP contribution in [0.5, 0.6) is 0 Å². The predicted octanol–water partition coefficient (Wildman–Crippen LogP) is 3.83. The number of morpholine rings is 1. The van der Waals surface area contributed by atoms with Gasteiger partial charge in [0.25, 0.3) is 0 Å². The van der Waals surface area contributed by atoms with Crippen LogP contribution in [-0.2, 0) is 22.3 Å². The smallest absolute Gasteiger partial charge is 0.378 e. The van der Waals surface area contributed by atoms with Crippen molar-refractivity contribution in [1.82, 2.24) is 20.1 Å². The van der Waals surface area contributed by atoms with Crippen molar-refractivity contribution in [1.29, 1.82) is 0 Å². The molecule has 1 aliphatic heterocycles. The Labute approximate surface area is 190 Å². The maximum Gasteiger partial charge on any atom is 0.436 e. The number of aryl methyl sites for hydroxylation is 1. The number of carbonyl (C=O) groups excluding carboxylic acids is 1. The number of carbonyl (C=O) groups is 1. The molecule has 1 amide bonds. The van der Waals surface area contributed by atoms with Crippen molar-refractivity contribution in [3.05, 3.63) is 28.5 Å². The topological polar surface area (TPSA) is 98.3 Å². The first-order chi connectivity index (χ1) is 15.8. The molecule has 3 heterocycles. The van der Waals surface area contributed by atoms with Gasteiger partial charge in [0.1, 0.15) is 0 Å². The Morgan fingerprint density at radius 1 is 1.18 bits per heavy atom. The molecule has 1 aliphatic carbocycles. The lowest BCUT2D eigenvalue weighted by molar-refractivity contribution is -0.141. The fraction of sp³-hybridized carbons (Fsp3) is 0.500. The first kappa shape index (κ1) is 22.0. The van der Waals surface area contributed by atoms with Gasteiger partial charge in [-0.15, -0.1) is 0 Å². The molecule has 1 saturated carbocycles. The number of hydrogen-bond donors (Lipinski definition) is 1. The van der Waals surface area contributed by atoms with Crippen LogP contribution in [0.1, 0.15) is 36.6 Å². The average molecular weight is 485 g/mol. The second kappa shape index (κ2) is 8.49. The molecule has 0 atom stereocenters. The van der Waals surface area contributed by atoms with Crippen LogP contribution in [0.15, 0.2) is 16.8 Å². The van der Waals surface area contributed by atoms with Crippen LogP contribution in [0.25, 0.3) is 11.0 Å². The molecule has 2 fully saturated rings. The number of aromatic nitrogens is 4. The lowest BCUT2D eigenvalue weighted by Gasteiger charge is -2.28. The summed E-state index contributed by atoms with van der Waals surface area (Å²) in [5.41, 5.74) is 1.37. The zero-order valence-corrected chi connectivity index (χ0v) is 18.1. The Kier molecular flexibility index (Phi) is 5.65. The molecular weight excluding hydrogens is 465 g/mol. The first-order valence-electron chi connectivity index (χ1n) is 10.5. The quantitative estimate of drug-likeness (QED) is 0.567. The van der Waals surface area contributed by atoms with Crippen LogP contribution in [0.4, 0.5) is 24.5 Å². The standard InChI is InChI=1S/C20H20ClF3N6O3/c21-15-18(11-1-2-11)30(26-19(15)20(22,23)24)6-5-14(31)25-12-3-4-13(17-16(12)27-33-28-17)29-7-9-32-10-8-29/h3-4,11H,1-2,5-10H2,(H,25,31). The first-order valence-corrected chi connectivity index (χ1v) is 10.9. The predicted molar refractivity (Wildman–Crippen MR) is 112 cm³/mol. The van der Waals surface area contributed by atoms with Crippen molar-refractivity contribution in [3.8, 4) is 0 Å². The van der Waals surface area contributed by atoms with E-state index in [1.165, 1.54) is 4.68 Å². The molecule has 1 N–H and O–H groups in total. The number of amides is 1. The fourth-order valence-electron chi connectivity index (χ4n) is 3.99. The van der Waals surface area contributed by atoms with Gasteiger partial charge in [0.2, 0.25) is 5.91 Å². The van der Waals surface area contributed by atoms with Gasteiger partial charge in [-0.3, -0.25) is 9.48 Å². The van der Waals surface area contributed by atoms with Gasteiger partial charge in [0, 0.05) is 25.4 Å². The van der Waals surface area contributed by atoms with Crippen molar-refractivity contribution >= 4 is 39.9 Å². The van der Waals surface area contributed by atoms with E-state index in [2.05, 4.69) is 25.6 Å². The van der Waals surface area contributed by atoms with Crippen LogP contribution in [0.2, 0.25) is 5.02 Å². The number of rotatable bonds is 6. The number of ether oxygens (including phenoxy) is 1. The number of hydrogen-bond acceptors (Lipinski definition) is 7. The summed E-state index contributed by atoms with van der Waals surface area (Å²) < 4.78 is 51.2.